The van der Waals surface area contributed by atoms with Crippen LogP contribution >= 0.6 is 11.8 Å². The molecule has 5 rings (SSSR count). The normalized spacial score (nSPS) is 20.3. The summed E-state index contributed by atoms with van der Waals surface area (Å²) in [7, 11) is 0. The third-order valence-corrected chi connectivity index (χ3v) is 6.92. The van der Waals surface area contributed by atoms with Gasteiger partial charge >= 0.3 is 0 Å². The fourth-order valence-electron chi connectivity index (χ4n) is 4.30. The molecule has 5 nitrogen and oxygen atoms in total. The SMILES string of the molecule is CC1C(=C(C(=O)c2ccco2)C(=O)c2ccco2)C(C2NCCS2)=Cc2ccccc21. The summed E-state index contributed by atoms with van der Waals surface area (Å²) in [6, 6.07) is 14.6. The van der Waals surface area contributed by atoms with Crippen molar-refractivity contribution in [2.24, 2.45) is 0 Å². The Bertz CT molecular complexity index is 1130. The number of hydrogen-bond acceptors (Lipinski definition) is 6. The minimum atomic E-state index is -0.429. The average molecular weight is 432 g/mol. The maximum atomic E-state index is 13.6. The maximum absolute atomic E-state index is 13.6. The number of hydrogen-bond donors (Lipinski definition) is 1. The minimum Gasteiger partial charge on any atom is -0.461 e. The number of thioether (sulfide) groups is 1. The van der Waals surface area contributed by atoms with Gasteiger partial charge in [-0.05, 0) is 52.6 Å². The van der Waals surface area contributed by atoms with E-state index in [0.717, 1.165) is 34.6 Å². The largest absolute Gasteiger partial charge is 0.461 e. The van der Waals surface area contributed by atoms with Crippen LogP contribution < -0.4 is 5.32 Å². The van der Waals surface area contributed by atoms with E-state index in [9.17, 15) is 9.59 Å². The number of ketones is 2. The number of rotatable bonds is 5. The lowest BCUT2D eigenvalue weighted by molar-refractivity contribution is 0.0931. The van der Waals surface area contributed by atoms with Crippen molar-refractivity contribution in [3.63, 3.8) is 0 Å². The van der Waals surface area contributed by atoms with Crippen molar-refractivity contribution in [3.05, 3.63) is 100 Å². The minimum absolute atomic E-state index is 0.00890. The molecule has 1 N–H and O–H groups in total. The van der Waals surface area contributed by atoms with Gasteiger partial charge in [0.15, 0.2) is 11.5 Å². The Hall–Kier alpha value is -3.09. The molecule has 1 aliphatic heterocycles. The zero-order valence-electron chi connectivity index (χ0n) is 17.0. The number of nitrogens with one attached hydrogen (secondary N) is 1. The number of Topliss-reactive ketones (excluding diaryl/α,β-unsaturated/α-hetero) is 2. The lowest BCUT2D eigenvalue weighted by atomic mass is 9.76. The molecule has 1 aliphatic carbocycles. The van der Waals surface area contributed by atoms with Crippen LogP contribution in [0.4, 0.5) is 0 Å². The van der Waals surface area contributed by atoms with E-state index in [1.807, 2.05) is 19.1 Å². The number of fused-ring (bicyclic) bond motifs is 1. The van der Waals surface area contributed by atoms with Gasteiger partial charge in [0.2, 0.25) is 11.6 Å². The molecule has 2 aromatic heterocycles. The van der Waals surface area contributed by atoms with E-state index in [2.05, 4.69) is 23.5 Å². The van der Waals surface area contributed by atoms with Crippen LogP contribution in [-0.4, -0.2) is 29.2 Å². The Morgan fingerprint density at radius 3 is 2.23 bits per heavy atom. The third-order valence-electron chi connectivity index (χ3n) is 5.73. The quantitative estimate of drug-likeness (QED) is 0.262. The molecule has 2 atom stereocenters. The van der Waals surface area contributed by atoms with Gasteiger partial charge in [-0.3, -0.25) is 9.59 Å². The Balaban J connectivity index is 1.77. The van der Waals surface area contributed by atoms with Gasteiger partial charge < -0.3 is 14.2 Å². The van der Waals surface area contributed by atoms with Crippen molar-refractivity contribution in [1.29, 1.82) is 0 Å². The van der Waals surface area contributed by atoms with Crippen molar-refractivity contribution in [2.75, 3.05) is 12.3 Å². The molecule has 1 aromatic carbocycles. The second-order valence-corrected chi connectivity index (χ2v) is 8.77. The molecule has 1 saturated heterocycles. The van der Waals surface area contributed by atoms with Crippen molar-refractivity contribution in [1.82, 2.24) is 5.32 Å². The summed E-state index contributed by atoms with van der Waals surface area (Å²) in [5.74, 6) is 0.244. The molecule has 0 bridgehead atoms. The zero-order valence-corrected chi connectivity index (χ0v) is 17.8. The lowest BCUT2D eigenvalue weighted by Gasteiger charge is -2.31. The summed E-state index contributed by atoms with van der Waals surface area (Å²) in [5.41, 5.74) is 3.99. The number of furan rings is 2. The van der Waals surface area contributed by atoms with Crippen LogP contribution in [0.1, 0.15) is 45.1 Å². The highest BCUT2D eigenvalue weighted by atomic mass is 32.2. The van der Waals surface area contributed by atoms with Crippen LogP contribution in [0.5, 0.6) is 0 Å². The fourth-order valence-corrected chi connectivity index (χ4v) is 5.38. The number of carbonyl (C=O) groups excluding carboxylic acids is 2. The smallest absolute Gasteiger partial charge is 0.232 e. The average Bonchev–Trinajstić information content (AvgIpc) is 3.58. The molecule has 3 aromatic rings. The summed E-state index contributed by atoms with van der Waals surface area (Å²) in [4.78, 5) is 27.2. The summed E-state index contributed by atoms with van der Waals surface area (Å²) < 4.78 is 10.8. The second kappa shape index (κ2) is 8.21. The topological polar surface area (TPSA) is 72.5 Å². The van der Waals surface area contributed by atoms with Gasteiger partial charge in [-0.1, -0.05) is 31.2 Å². The van der Waals surface area contributed by atoms with Gasteiger partial charge in [0.05, 0.1) is 23.5 Å². The monoisotopic (exact) mass is 431 g/mol. The van der Waals surface area contributed by atoms with Gasteiger partial charge in [-0.25, -0.2) is 0 Å². The molecule has 1 fully saturated rings. The summed E-state index contributed by atoms with van der Waals surface area (Å²) in [6.45, 7) is 2.93. The van der Waals surface area contributed by atoms with Gasteiger partial charge in [-0.15, -0.1) is 11.8 Å². The van der Waals surface area contributed by atoms with Crippen molar-refractivity contribution in [3.8, 4) is 0 Å². The van der Waals surface area contributed by atoms with Crippen LogP contribution in [0.15, 0.2) is 86.6 Å². The molecule has 156 valence electrons. The van der Waals surface area contributed by atoms with E-state index in [4.69, 9.17) is 8.83 Å². The lowest BCUT2D eigenvalue weighted by Crippen LogP contribution is -2.29. The summed E-state index contributed by atoms with van der Waals surface area (Å²) >= 11 is 1.78. The predicted molar refractivity (Wildman–Crippen MR) is 120 cm³/mol. The van der Waals surface area contributed by atoms with Gasteiger partial charge in [0.25, 0.3) is 0 Å². The summed E-state index contributed by atoms with van der Waals surface area (Å²) in [6.07, 6.45) is 4.99. The Labute approximate surface area is 184 Å². The molecule has 6 heteroatoms. The first-order valence-electron chi connectivity index (χ1n) is 10.2. The molecular formula is C25H21NO4S. The van der Waals surface area contributed by atoms with Crippen LogP contribution in [-0.2, 0) is 0 Å². The predicted octanol–water partition coefficient (Wildman–Crippen LogP) is 5.10. The second-order valence-electron chi connectivity index (χ2n) is 7.56. The molecule has 0 spiro atoms. The first kappa shape index (κ1) is 19.8. The molecule has 0 saturated carbocycles. The molecule has 0 radical (unpaired) electrons. The standard InChI is InChI=1S/C25H21NO4S/c1-15-17-7-3-2-6-16(17)14-18(25-26-10-13-31-25)21(15)22(23(27)19-8-4-11-29-19)24(28)20-9-5-12-30-20/h2-9,11-12,14-15,25-26H,10,13H2,1H3. The Morgan fingerprint density at radius 1 is 0.968 bits per heavy atom. The van der Waals surface area contributed by atoms with E-state index in [1.165, 1.54) is 12.5 Å². The molecule has 3 heterocycles. The van der Waals surface area contributed by atoms with E-state index in [-0.39, 0.29) is 28.4 Å². The van der Waals surface area contributed by atoms with Crippen LogP contribution in [0.3, 0.4) is 0 Å². The van der Waals surface area contributed by atoms with Gasteiger partial charge in [-0.2, -0.15) is 0 Å². The van der Waals surface area contributed by atoms with E-state index in [0.29, 0.717) is 0 Å². The first-order valence-corrected chi connectivity index (χ1v) is 11.3. The van der Waals surface area contributed by atoms with Crippen molar-refractivity contribution >= 4 is 29.4 Å². The molecule has 2 unspecified atom stereocenters. The van der Waals surface area contributed by atoms with Gasteiger partial charge in [0, 0.05) is 18.2 Å². The molecule has 0 amide bonds. The highest BCUT2D eigenvalue weighted by Gasteiger charge is 2.37. The third kappa shape index (κ3) is 3.52. The molecule has 2 aliphatic rings. The Kier molecular flexibility index (Phi) is 5.26. The number of allylic oxidation sites excluding steroid dienone is 1. The first-order chi connectivity index (χ1) is 15.1. The van der Waals surface area contributed by atoms with E-state index in [1.54, 1.807) is 36.0 Å². The summed E-state index contributed by atoms with van der Waals surface area (Å²) in [5, 5.41) is 3.51. The van der Waals surface area contributed by atoms with Crippen LogP contribution in [0, 0.1) is 0 Å². The number of benzene rings is 1. The highest BCUT2D eigenvalue weighted by Crippen LogP contribution is 2.44. The molecule has 31 heavy (non-hydrogen) atoms. The van der Waals surface area contributed by atoms with E-state index < -0.39 is 11.6 Å². The zero-order chi connectivity index (χ0) is 21.4. The fraction of sp³-hybridized carbons (Fsp3) is 0.200. The maximum Gasteiger partial charge on any atom is 0.232 e. The van der Waals surface area contributed by atoms with E-state index >= 15 is 0 Å². The number of carbonyl (C=O) groups is 2. The highest BCUT2D eigenvalue weighted by molar-refractivity contribution is 8.00. The molecular weight excluding hydrogens is 410 g/mol. The van der Waals surface area contributed by atoms with Crippen LogP contribution in [0.2, 0.25) is 0 Å². The Morgan fingerprint density at radius 2 is 1.65 bits per heavy atom. The van der Waals surface area contributed by atoms with Gasteiger partial charge in [0.1, 0.15) is 0 Å². The van der Waals surface area contributed by atoms with Crippen LogP contribution in [0.25, 0.3) is 6.08 Å². The van der Waals surface area contributed by atoms with Crippen molar-refractivity contribution in [2.45, 2.75) is 18.2 Å². The van der Waals surface area contributed by atoms with Crippen molar-refractivity contribution < 1.29 is 18.4 Å².